The summed E-state index contributed by atoms with van der Waals surface area (Å²) in [6.07, 6.45) is -4.71. The van der Waals surface area contributed by atoms with Crippen molar-refractivity contribution >= 4 is 23.0 Å². The maximum absolute atomic E-state index is 12.9. The van der Waals surface area contributed by atoms with Gasteiger partial charge in [0.25, 0.3) is 5.91 Å². The minimum atomic E-state index is -4.60. The SMILES string of the molecule is C[C@@H](Oc1ccc([S+](C)[O-])cc1C(=O)N1CC2CC2(C(N)=O)C1)C(F)(F)F. The summed E-state index contributed by atoms with van der Waals surface area (Å²) >= 11 is -1.43. The highest BCUT2D eigenvalue weighted by Crippen LogP contribution is 2.57. The molecule has 3 unspecified atom stereocenters. The van der Waals surface area contributed by atoms with Crippen LogP contribution in [-0.4, -0.2) is 52.9 Å². The van der Waals surface area contributed by atoms with Gasteiger partial charge in [-0.1, -0.05) is 0 Å². The van der Waals surface area contributed by atoms with Gasteiger partial charge in [-0.05, 0) is 42.6 Å². The van der Waals surface area contributed by atoms with Crippen LogP contribution >= 0.6 is 0 Å². The summed E-state index contributed by atoms with van der Waals surface area (Å²) in [5.74, 6) is -1.32. The molecule has 2 N–H and O–H groups in total. The third kappa shape index (κ3) is 3.60. The van der Waals surface area contributed by atoms with Gasteiger partial charge in [-0.15, -0.1) is 0 Å². The van der Waals surface area contributed by atoms with Gasteiger partial charge in [-0.2, -0.15) is 13.2 Å². The number of carbonyl (C=O) groups excluding carboxylic acids is 2. The Hall–Kier alpha value is -1.94. The molecule has 4 atom stereocenters. The average molecular weight is 404 g/mol. The van der Waals surface area contributed by atoms with Gasteiger partial charge in [-0.3, -0.25) is 9.59 Å². The number of ether oxygens (including phenoxy) is 1. The monoisotopic (exact) mass is 404 g/mol. The van der Waals surface area contributed by atoms with Crippen molar-refractivity contribution in [3.63, 3.8) is 0 Å². The van der Waals surface area contributed by atoms with Crippen molar-refractivity contribution in [2.24, 2.45) is 17.1 Å². The van der Waals surface area contributed by atoms with Gasteiger partial charge in [0.2, 0.25) is 5.91 Å². The molecule has 1 saturated heterocycles. The first-order chi connectivity index (χ1) is 12.5. The topological polar surface area (TPSA) is 95.7 Å². The minimum absolute atomic E-state index is 0.0269. The predicted molar refractivity (Wildman–Crippen MR) is 90.6 cm³/mol. The van der Waals surface area contributed by atoms with Gasteiger partial charge < -0.3 is 19.9 Å². The molecule has 6 nitrogen and oxygen atoms in total. The molecule has 0 spiro atoms. The summed E-state index contributed by atoms with van der Waals surface area (Å²) in [7, 11) is 0. The number of likely N-dealkylation sites (tertiary alicyclic amines) is 1. The summed E-state index contributed by atoms with van der Waals surface area (Å²) < 4.78 is 55.3. The van der Waals surface area contributed by atoms with E-state index in [1.54, 1.807) is 0 Å². The summed E-state index contributed by atoms with van der Waals surface area (Å²) in [6, 6.07) is 3.85. The largest absolute Gasteiger partial charge is 0.612 e. The zero-order valence-corrected chi connectivity index (χ0v) is 15.5. The molecular formula is C17H19F3N2O4S. The van der Waals surface area contributed by atoms with Gasteiger partial charge in [0.15, 0.2) is 11.0 Å². The maximum Gasteiger partial charge on any atom is 0.425 e. The number of alkyl halides is 3. The molecule has 27 heavy (non-hydrogen) atoms. The Balaban J connectivity index is 1.89. The molecule has 1 aromatic carbocycles. The lowest BCUT2D eigenvalue weighted by molar-refractivity contribution is -0.189. The molecular weight excluding hydrogens is 385 g/mol. The molecule has 1 heterocycles. The summed E-state index contributed by atoms with van der Waals surface area (Å²) in [5.41, 5.74) is 4.57. The van der Waals surface area contributed by atoms with Crippen molar-refractivity contribution in [3.05, 3.63) is 23.8 Å². The van der Waals surface area contributed by atoms with E-state index in [1.807, 2.05) is 0 Å². The first kappa shape index (κ1) is 19.8. The second-order valence-corrected chi connectivity index (χ2v) is 8.40. The summed E-state index contributed by atoms with van der Waals surface area (Å²) in [5, 5.41) is 0. The van der Waals surface area contributed by atoms with E-state index in [0.717, 1.165) is 6.92 Å². The molecule has 2 amide bonds. The lowest BCUT2D eigenvalue weighted by Gasteiger charge is -2.24. The second-order valence-electron chi connectivity index (χ2n) is 7.02. The van der Waals surface area contributed by atoms with Gasteiger partial charge in [-0.25, -0.2) is 0 Å². The Kier molecular flexibility index (Phi) is 4.84. The highest BCUT2D eigenvalue weighted by atomic mass is 32.2. The summed E-state index contributed by atoms with van der Waals surface area (Å²) in [4.78, 5) is 26.2. The van der Waals surface area contributed by atoms with Crippen molar-refractivity contribution in [2.45, 2.75) is 30.5 Å². The lowest BCUT2D eigenvalue weighted by atomic mass is 10.1. The molecule has 3 rings (SSSR count). The first-order valence-electron chi connectivity index (χ1n) is 8.26. The van der Waals surface area contributed by atoms with Crippen LogP contribution in [0, 0.1) is 11.3 Å². The number of nitrogens with zero attached hydrogens (tertiary/aromatic N) is 1. The second kappa shape index (κ2) is 6.59. The third-order valence-corrected chi connectivity index (χ3v) is 6.12. The van der Waals surface area contributed by atoms with Crippen LogP contribution in [0.4, 0.5) is 13.2 Å². The van der Waals surface area contributed by atoms with Gasteiger partial charge in [0.05, 0.1) is 11.0 Å². The number of piperidine rings is 1. The normalized spacial score (nSPS) is 26.3. The number of halogens is 3. The van der Waals surface area contributed by atoms with Crippen molar-refractivity contribution in [1.29, 1.82) is 0 Å². The lowest BCUT2D eigenvalue weighted by Crippen LogP contribution is -2.37. The molecule has 0 radical (unpaired) electrons. The number of rotatable bonds is 5. The quantitative estimate of drug-likeness (QED) is 0.756. The van der Waals surface area contributed by atoms with E-state index >= 15 is 0 Å². The highest BCUT2D eigenvalue weighted by molar-refractivity contribution is 7.90. The van der Waals surface area contributed by atoms with E-state index in [0.29, 0.717) is 17.9 Å². The molecule has 10 heteroatoms. The van der Waals surface area contributed by atoms with Crippen LogP contribution in [-0.2, 0) is 16.0 Å². The van der Waals surface area contributed by atoms with Crippen molar-refractivity contribution in [2.75, 3.05) is 19.3 Å². The van der Waals surface area contributed by atoms with Gasteiger partial charge in [0.1, 0.15) is 12.0 Å². The van der Waals surface area contributed by atoms with Crippen LogP contribution in [0.2, 0.25) is 0 Å². The number of benzene rings is 1. The molecule has 0 bridgehead atoms. The fourth-order valence-corrected chi connectivity index (χ4v) is 3.95. The average Bonchev–Trinajstić information content (AvgIpc) is 3.15. The highest BCUT2D eigenvalue weighted by Gasteiger charge is 2.65. The third-order valence-electron chi connectivity index (χ3n) is 5.20. The molecule has 0 aromatic heterocycles. The van der Waals surface area contributed by atoms with Gasteiger partial charge in [0, 0.05) is 19.2 Å². The Labute approximate surface area is 157 Å². The molecule has 1 aliphatic heterocycles. The molecule has 1 aliphatic carbocycles. The maximum atomic E-state index is 12.9. The number of amides is 2. The standard InChI is InChI=1S/C17H19F3N2O4S/c1-9(17(18,19)20)26-13-4-3-11(27(2)25)5-12(13)14(23)22-7-10-6-16(10,8-22)15(21)24/h3-5,9-10H,6-8H2,1-2H3,(H2,21,24)/t9-,10?,16?,27?/m1/s1. The fraction of sp³-hybridized carbons (Fsp3) is 0.529. The smallest absolute Gasteiger partial charge is 0.425 e. The van der Waals surface area contributed by atoms with Crippen molar-refractivity contribution in [3.8, 4) is 5.75 Å². The van der Waals surface area contributed by atoms with Crippen LogP contribution in [0.25, 0.3) is 0 Å². The Bertz CT molecular complexity index is 786. The summed E-state index contributed by atoms with van der Waals surface area (Å²) in [6.45, 7) is 1.27. The van der Waals surface area contributed by atoms with E-state index in [-0.39, 0.29) is 23.8 Å². The van der Waals surface area contributed by atoms with Crippen molar-refractivity contribution in [1.82, 2.24) is 4.90 Å². The number of carbonyl (C=O) groups is 2. The first-order valence-corrected chi connectivity index (χ1v) is 9.81. The van der Waals surface area contributed by atoms with Crippen LogP contribution in [0.1, 0.15) is 23.7 Å². The van der Waals surface area contributed by atoms with Crippen LogP contribution in [0.3, 0.4) is 0 Å². The molecule has 2 fully saturated rings. The number of nitrogens with two attached hydrogens (primary N) is 1. The number of primary amides is 1. The van der Waals surface area contributed by atoms with Gasteiger partial charge >= 0.3 is 6.18 Å². The fourth-order valence-electron chi connectivity index (χ4n) is 3.40. The van der Waals surface area contributed by atoms with Crippen LogP contribution in [0.15, 0.2) is 23.1 Å². The predicted octanol–water partition coefficient (Wildman–Crippen LogP) is 1.70. The van der Waals surface area contributed by atoms with Crippen LogP contribution < -0.4 is 10.5 Å². The van der Waals surface area contributed by atoms with E-state index < -0.39 is 40.7 Å². The van der Waals surface area contributed by atoms with Crippen LogP contribution in [0.5, 0.6) is 5.75 Å². The van der Waals surface area contributed by atoms with E-state index in [2.05, 4.69) is 0 Å². The Morgan fingerprint density at radius 2 is 2.11 bits per heavy atom. The molecule has 1 aromatic rings. The minimum Gasteiger partial charge on any atom is -0.612 e. The zero-order chi connectivity index (χ0) is 20.1. The molecule has 148 valence electrons. The van der Waals surface area contributed by atoms with E-state index in [4.69, 9.17) is 10.5 Å². The molecule has 1 saturated carbocycles. The van der Waals surface area contributed by atoms with E-state index in [9.17, 15) is 27.3 Å². The number of hydrogen-bond donors (Lipinski definition) is 1. The molecule has 2 aliphatic rings. The van der Waals surface area contributed by atoms with Crippen molar-refractivity contribution < 1.29 is 32.0 Å². The number of fused-ring (bicyclic) bond motifs is 1. The Morgan fingerprint density at radius 1 is 1.44 bits per heavy atom. The Morgan fingerprint density at radius 3 is 2.63 bits per heavy atom. The number of hydrogen-bond acceptors (Lipinski definition) is 4. The van der Waals surface area contributed by atoms with E-state index in [1.165, 1.54) is 29.4 Å². The zero-order valence-electron chi connectivity index (χ0n) is 14.7.